The molecule has 3 rings (SSSR count). The fraction of sp³-hybridized carbons (Fsp3) is 0.471. The zero-order valence-corrected chi connectivity index (χ0v) is 13.0. The first-order chi connectivity index (χ1) is 10.8. The maximum atomic E-state index is 5.77. The minimum absolute atomic E-state index is 0.376. The van der Waals surface area contributed by atoms with Crippen molar-refractivity contribution in [1.29, 1.82) is 0 Å². The molecule has 0 aliphatic carbocycles. The predicted octanol–water partition coefficient (Wildman–Crippen LogP) is 2.93. The highest BCUT2D eigenvalue weighted by atomic mass is 16.5. The zero-order valence-electron chi connectivity index (χ0n) is 13.0. The molecule has 2 heterocycles. The normalized spacial score (nSPS) is 18.1. The van der Waals surface area contributed by atoms with E-state index in [1.807, 2.05) is 37.4 Å². The van der Waals surface area contributed by atoms with Gasteiger partial charge in [0.1, 0.15) is 0 Å². The molecule has 5 nitrogen and oxygen atoms in total. The number of nitrogens with zero attached hydrogens (tertiary/aromatic N) is 4. The van der Waals surface area contributed by atoms with E-state index < -0.39 is 0 Å². The van der Waals surface area contributed by atoms with Gasteiger partial charge in [-0.3, -0.25) is 0 Å². The van der Waals surface area contributed by atoms with Crippen molar-refractivity contribution in [2.45, 2.75) is 31.8 Å². The minimum Gasteiger partial charge on any atom is -0.378 e. The molecule has 0 unspecified atom stereocenters. The SMILES string of the molecule is CN(CC[C@H]1CCCCO1)c1nncc(-c2ccccc2)n1. The number of hydrogen-bond donors (Lipinski definition) is 0. The first-order valence-electron chi connectivity index (χ1n) is 7.91. The summed E-state index contributed by atoms with van der Waals surface area (Å²) in [7, 11) is 2.01. The predicted molar refractivity (Wildman–Crippen MR) is 86.7 cm³/mol. The van der Waals surface area contributed by atoms with Crippen LogP contribution in [0.1, 0.15) is 25.7 Å². The monoisotopic (exact) mass is 298 g/mol. The maximum absolute atomic E-state index is 5.77. The van der Waals surface area contributed by atoms with Crippen LogP contribution in [0.2, 0.25) is 0 Å². The van der Waals surface area contributed by atoms with Crippen LogP contribution in [0.25, 0.3) is 11.3 Å². The first kappa shape index (κ1) is 14.9. The molecule has 1 aliphatic rings. The van der Waals surface area contributed by atoms with Gasteiger partial charge in [-0.2, -0.15) is 5.10 Å². The second-order valence-electron chi connectivity index (χ2n) is 5.71. The van der Waals surface area contributed by atoms with Crippen molar-refractivity contribution in [2.75, 3.05) is 25.1 Å². The molecule has 0 radical (unpaired) electrons. The number of anilines is 1. The largest absolute Gasteiger partial charge is 0.378 e. The van der Waals surface area contributed by atoms with Gasteiger partial charge in [-0.15, -0.1) is 5.10 Å². The van der Waals surface area contributed by atoms with Gasteiger partial charge < -0.3 is 9.64 Å². The lowest BCUT2D eigenvalue weighted by molar-refractivity contribution is 0.0126. The van der Waals surface area contributed by atoms with Gasteiger partial charge in [-0.1, -0.05) is 30.3 Å². The quantitative estimate of drug-likeness (QED) is 0.849. The lowest BCUT2D eigenvalue weighted by Crippen LogP contribution is -2.28. The maximum Gasteiger partial charge on any atom is 0.245 e. The number of benzene rings is 1. The second-order valence-corrected chi connectivity index (χ2v) is 5.71. The van der Waals surface area contributed by atoms with E-state index in [1.54, 1.807) is 6.20 Å². The van der Waals surface area contributed by atoms with E-state index in [9.17, 15) is 0 Å². The van der Waals surface area contributed by atoms with Crippen LogP contribution in [0.15, 0.2) is 36.5 Å². The summed E-state index contributed by atoms with van der Waals surface area (Å²) >= 11 is 0. The Balaban J connectivity index is 1.63. The van der Waals surface area contributed by atoms with Crippen molar-refractivity contribution in [2.24, 2.45) is 0 Å². The molecule has 0 amide bonds. The summed E-state index contributed by atoms with van der Waals surface area (Å²) < 4.78 is 5.77. The van der Waals surface area contributed by atoms with Crippen LogP contribution < -0.4 is 4.90 Å². The average Bonchev–Trinajstić information content (AvgIpc) is 2.61. The molecular weight excluding hydrogens is 276 g/mol. The lowest BCUT2D eigenvalue weighted by Gasteiger charge is -2.25. The molecule has 22 heavy (non-hydrogen) atoms. The summed E-state index contributed by atoms with van der Waals surface area (Å²) in [4.78, 5) is 6.67. The van der Waals surface area contributed by atoms with E-state index in [0.717, 1.165) is 37.3 Å². The Labute approximate surface area is 131 Å². The Kier molecular flexibility index (Phi) is 4.96. The van der Waals surface area contributed by atoms with Gasteiger partial charge in [0, 0.05) is 25.8 Å². The molecule has 1 aromatic heterocycles. The molecule has 0 saturated carbocycles. The number of aromatic nitrogens is 3. The van der Waals surface area contributed by atoms with E-state index >= 15 is 0 Å². The van der Waals surface area contributed by atoms with Crippen LogP contribution in [0.4, 0.5) is 5.95 Å². The van der Waals surface area contributed by atoms with Crippen LogP contribution >= 0.6 is 0 Å². The summed E-state index contributed by atoms with van der Waals surface area (Å²) in [5.41, 5.74) is 1.91. The highest BCUT2D eigenvalue weighted by molar-refractivity contribution is 5.58. The van der Waals surface area contributed by atoms with E-state index in [2.05, 4.69) is 20.1 Å². The van der Waals surface area contributed by atoms with Gasteiger partial charge in [0.25, 0.3) is 0 Å². The molecule has 0 bridgehead atoms. The summed E-state index contributed by atoms with van der Waals surface area (Å²) in [6, 6.07) is 10.1. The van der Waals surface area contributed by atoms with E-state index in [4.69, 9.17) is 4.74 Å². The van der Waals surface area contributed by atoms with Crippen molar-refractivity contribution in [3.05, 3.63) is 36.5 Å². The zero-order chi connectivity index (χ0) is 15.2. The molecule has 1 fully saturated rings. The van der Waals surface area contributed by atoms with Crippen LogP contribution in [0, 0.1) is 0 Å². The van der Waals surface area contributed by atoms with Gasteiger partial charge >= 0.3 is 0 Å². The fourth-order valence-corrected chi connectivity index (χ4v) is 2.68. The second kappa shape index (κ2) is 7.31. The van der Waals surface area contributed by atoms with E-state index in [-0.39, 0.29) is 0 Å². The molecule has 0 spiro atoms. The van der Waals surface area contributed by atoms with E-state index in [1.165, 1.54) is 12.8 Å². The van der Waals surface area contributed by atoms with Gasteiger partial charge in [0.2, 0.25) is 5.95 Å². The van der Waals surface area contributed by atoms with Crippen LogP contribution in [0.5, 0.6) is 0 Å². The highest BCUT2D eigenvalue weighted by Gasteiger charge is 2.15. The standard InChI is InChI=1S/C17H22N4O/c1-21(11-10-15-9-5-6-12-22-15)17-19-16(13-18-20-17)14-7-3-2-4-8-14/h2-4,7-8,13,15H,5-6,9-12H2,1H3/t15-/m1/s1. The third-order valence-electron chi connectivity index (χ3n) is 4.02. The Morgan fingerprint density at radius 1 is 1.23 bits per heavy atom. The molecule has 1 aliphatic heterocycles. The van der Waals surface area contributed by atoms with Gasteiger partial charge in [-0.05, 0) is 25.7 Å². The van der Waals surface area contributed by atoms with Gasteiger partial charge in [0.15, 0.2) is 0 Å². The number of ether oxygens (including phenoxy) is 1. The average molecular weight is 298 g/mol. The van der Waals surface area contributed by atoms with Crippen molar-refractivity contribution in [1.82, 2.24) is 15.2 Å². The summed E-state index contributed by atoms with van der Waals surface area (Å²) in [5, 5.41) is 8.24. The Hall–Kier alpha value is -2.01. The Bertz CT molecular complexity index is 584. The molecule has 2 aromatic rings. The Morgan fingerprint density at radius 3 is 2.86 bits per heavy atom. The molecule has 116 valence electrons. The molecule has 1 aromatic carbocycles. The van der Waals surface area contributed by atoms with Crippen molar-refractivity contribution in [3.8, 4) is 11.3 Å². The van der Waals surface area contributed by atoms with Crippen molar-refractivity contribution < 1.29 is 4.74 Å². The highest BCUT2D eigenvalue weighted by Crippen LogP contribution is 2.19. The Morgan fingerprint density at radius 2 is 2.09 bits per heavy atom. The number of hydrogen-bond acceptors (Lipinski definition) is 5. The minimum atomic E-state index is 0.376. The lowest BCUT2D eigenvalue weighted by atomic mass is 10.1. The van der Waals surface area contributed by atoms with Crippen molar-refractivity contribution in [3.63, 3.8) is 0 Å². The van der Waals surface area contributed by atoms with Crippen LogP contribution in [0.3, 0.4) is 0 Å². The van der Waals surface area contributed by atoms with Crippen LogP contribution in [-0.2, 0) is 4.74 Å². The van der Waals surface area contributed by atoms with E-state index in [0.29, 0.717) is 12.1 Å². The summed E-state index contributed by atoms with van der Waals surface area (Å²) in [6.45, 7) is 1.78. The van der Waals surface area contributed by atoms with Crippen LogP contribution in [-0.4, -0.2) is 41.5 Å². The molecule has 1 saturated heterocycles. The van der Waals surface area contributed by atoms with Gasteiger partial charge in [0.05, 0.1) is 18.0 Å². The molecule has 0 N–H and O–H groups in total. The fourth-order valence-electron chi connectivity index (χ4n) is 2.68. The first-order valence-corrected chi connectivity index (χ1v) is 7.91. The molecule has 1 atom stereocenters. The van der Waals surface area contributed by atoms with Gasteiger partial charge in [-0.25, -0.2) is 4.98 Å². The topological polar surface area (TPSA) is 51.1 Å². The third-order valence-corrected chi connectivity index (χ3v) is 4.02. The summed E-state index contributed by atoms with van der Waals surface area (Å²) in [5.74, 6) is 0.664. The third kappa shape index (κ3) is 3.80. The molecule has 5 heteroatoms. The molecular formula is C17H22N4O. The smallest absolute Gasteiger partial charge is 0.245 e. The number of rotatable bonds is 5. The summed E-state index contributed by atoms with van der Waals surface area (Å²) in [6.07, 6.45) is 6.72. The van der Waals surface area contributed by atoms with Crippen molar-refractivity contribution >= 4 is 5.95 Å².